The molecule has 0 saturated heterocycles. The molecule has 0 aromatic heterocycles. The monoisotopic (exact) mass is 480 g/mol. The summed E-state index contributed by atoms with van der Waals surface area (Å²) in [6, 6.07) is 20.4. The molecule has 0 radical (unpaired) electrons. The Balaban J connectivity index is 1.82. The summed E-state index contributed by atoms with van der Waals surface area (Å²) in [5, 5.41) is 2.89. The quantitative estimate of drug-likeness (QED) is 0.440. The molecule has 0 atom stereocenters. The number of amides is 1. The fourth-order valence-electron chi connectivity index (χ4n) is 3.89. The number of ether oxygens (including phenoxy) is 1. The molecular weight excluding hydrogens is 448 g/mol. The molecule has 6 nitrogen and oxygen atoms in total. The van der Waals surface area contributed by atoms with E-state index in [2.05, 4.69) is 19.2 Å². The third-order valence-corrected chi connectivity index (χ3v) is 6.69. The Bertz CT molecular complexity index is 1250. The highest BCUT2D eigenvalue weighted by Crippen LogP contribution is 2.33. The molecule has 1 amide bonds. The SMILES string of the molecule is COCc1cccc(NC(=O)c2ccc(CN(c3c(C)cccc3C(C)C)S(C)(=O)=O)cc2)c1. The van der Waals surface area contributed by atoms with E-state index >= 15 is 0 Å². The number of hydrogen-bond donors (Lipinski definition) is 1. The lowest BCUT2D eigenvalue weighted by atomic mass is 9.98. The summed E-state index contributed by atoms with van der Waals surface area (Å²) in [5.41, 5.74) is 5.55. The van der Waals surface area contributed by atoms with Crippen molar-refractivity contribution in [1.29, 1.82) is 0 Å². The maximum absolute atomic E-state index is 12.8. The van der Waals surface area contributed by atoms with E-state index in [0.29, 0.717) is 17.9 Å². The summed E-state index contributed by atoms with van der Waals surface area (Å²) >= 11 is 0. The molecule has 180 valence electrons. The fraction of sp³-hybridized carbons (Fsp3) is 0.296. The normalized spacial score (nSPS) is 11.5. The second kappa shape index (κ2) is 10.8. The highest BCUT2D eigenvalue weighted by atomic mass is 32.2. The number of aryl methyl sites for hydroxylation is 1. The predicted octanol–water partition coefficient (Wildman–Crippen LogP) is 5.48. The van der Waals surface area contributed by atoms with E-state index in [1.807, 2.05) is 49.4 Å². The summed E-state index contributed by atoms with van der Waals surface area (Å²) in [6.45, 7) is 6.68. The van der Waals surface area contributed by atoms with Crippen molar-refractivity contribution in [1.82, 2.24) is 0 Å². The van der Waals surface area contributed by atoms with E-state index in [4.69, 9.17) is 4.74 Å². The first-order valence-corrected chi connectivity index (χ1v) is 13.0. The van der Waals surface area contributed by atoms with Crippen LogP contribution in [0.1, 0.15) is 52.4 Å². The number of benzene rings is 3. The van der Waals surface area contributed by atoms with Crippen molar-refractivity contribution >= 4 is 27.3 Å². The van der Waals surface area contributed by atoms with Gasteiger partial charge >= 0.3 is 0 Å². The minimum atomic E-state index is -3.53. The average Bonchev–Trinajstić information content (AvgIpc) is 2.77. The predicted molar refractivity (Wildman–Crippen MR) is 138 cm³/mol. The number of nitrogens with zero attached hydrogens (tertiary/aromatic N) is 1. The van der Waals surface area contributed by atoms with Crippen LogP contribution in [0.5, 0.6) is 0 Å². The first-order valence-electron chi connectivity index (χ1n) is 11.2. The Morgan fingerprint density at radius 3 is 2.29 bits per heavy atom. The van der Waals surface area contributed by atoms with Gasteiger partial charge in [0.15, 0.2) is 0 Å². The van der Waals surface area contributed by atoms with E-state index in [-0.39, 0.29) is 18.4 Å². The van der Waals surface area contributed by atoms with Gasteiger partial charge in [0.2, 0.25) is 10.0 Å². The number of carbonyl (C=O) groups is 1. The minimum Gasteiger partial charge on any atom is -0.380 e. The standard InChI is InChI=1S/C27H32N2O4S/c1-19(2)25-11-6-8-20(3)26(25)29(34(5,31)32)17-21-12-14-23(15-13-21)27(30)28-24-10-7-9-22(16-24)18-33-4/h6-16,19H,17-18H2,1-5H3,(H,28,30). The van der Waals surface area contributed by atoms with Crippen LogP contribution >= 0.6 is 0 Å². The Kier molecular flexibility index (Phi) is 8.12. The lowest BCUT2D eigenvalue weighted by Gasteiger charge is -2.28. The second-order valence-electron chi connectivity index (χ2n) is 8.72. The molecule has 0 aliphatic heterocycles. The van der Waals surface area contributed by atoms with Gasteiger partial charge in [0, 0.05) is 18.4 Å². The molecule has 3 aromatic carbocycles. The summed E-state index contributed by atoms with van der Waals surface area (Å²) < 4.78 is 32.1. The molecule has 0 unspecified atom stereocenters. The number of para-hydroxylation sites is 1. The number of rotatable bonds is 9. The third kappa shape index (κ3) is 6.24. The number of nitrogens with one attached hydrogen (secondary N) is 1. The van der Waals surface area contributed by atoms with Gasteiger partial charge in [-0.25, -0.2) is 8.42 Å². The van der Waals surface area contributed by atoms with Gasteiger partial charge in [-0.1, -0.05) is 56.3 Å². The lowest BCUT2D eigenvalue weighted by molar-refractivity contribution is 0.102. The van der Waals surface area contributed by atoms with Crippen molar-refractivity contribution in [3.63, 3.8) is 0 Å². The molecule has 0 saturated carbocycles. The zero-order chi connectivity index (χ0) is 24.9. The van der Waals surface area contributed by atoms with Crippen LogP contribution in [-0.4, -0.2) is 27.7 Å². The van der Waals surface area contributed by atoms with Crippen molar-refractivity contribution in [2.75, 3.05) is 23.0 Å². The van der Waals surface area contributed by atoms with Gasteiger partial charge in [0.05, 0.1) is 25.1 Å². The molecule has 3 rings (SSSR count). The van der Waals surface area contributed by atoms with Gasteiger partial charge in [-0.3, -0.25) is 9.10 Å². The summed E-state index contributed by atoms with van der Waals surface area (Å²) in [6.07, 6.45) is 1.23. The Morgan fingerprint density at radius 2 is 1.68 bits per heavy atom. The van der Waals surface area contributed by atoms with E-state index in [0.717, 1.165) is 27.9 Å². The molecule has 1 N–H and O–H groups in total. The second-order valence-corrected chi connectivity index (χ2v) is 10.6. The Hall–Kier alpha value is -3.16. The van der Waals surface area contributed by atoms with Crippen molar-refractivity contribution in [2.45, 2.75) is 39.8 Å². The largest absolute Gasteiger partial charge is 0.380 e. The zero-order valence-corrected chi connectivity index (χ0v) is 21.1. The Morgan fingerprint density at radius 1 is 1.00 bits per heavy atom. The van der Waals surface area contributed by atoms with Crippen LogP contribution in [0.2, 0.25) is 0 Å². The maximum Gasteiger partial charge on any atom is 0.255 e. The first kappa shape index (κ1) is 25.5. The number of anilines is 2. The molecule has 34 heavy (non-hydrogen) atoms. The molecule has 0 aliphatic rings. The van der Waals surface area contributed by atoms with Crippen molar-refractivity contribution in [2.24, 2.45) is 0 Å². The molecule has 0 fully saturated rings. The highest BCUT2D eigenvalue weighted by Gasteiger charge is 2.23. The molecule has 0 spiro atoms. The molecule has 7 heteroatoms. The van der Waals surface area contributed by atoms with Crippen LogP contribution in [-0.2, 0) is 27.9 Å². The van der Waals surface area contributed by atoms with Gasteiger partial charge in [-0.05, 0) is 59.4 Å². The van der Waals surface area contributed by atoms with Crippen LogP contribution < -0.4 is 9.62 Å². The number of methoxy groups -OCH3 is 1. The Labute approximate surface area is 202 Å². The van der Waals surface area contributed by atoms with Gasteiger partial charge < -0.3 is 10.1 Å². The molecular formula is C27H32N2O4S. The molecule has 3 aromatic rings. The summed E-state index contributed by atoms with van der Waals surface area (Å²) in [7, 11) is -1.90. The smallest absolute Gasteiger partial charge is 0.255 e. The van der Waals surface area contributed by atoms with Gasteiger partial charge in [-0.2, -0.15) is 0 Å². The number of sulfonamides is 1. The van der Waals surface area contributed by atoms with E-state index in [9.17, 15) is 13.2 Å². The topological polar surface area (TPSA) is 75.7 Å². The molecule has 0 aliphatic carbocycles. The van der Waals surface area contributed by atoms with Crippen molar-refractivity contribution < 1.29 is 17.9 Å². The highest BCUT2D eigenvalue weighted by molar-refractivity contribution is 7.92. The van der Waals surface area contributed by atoms with E-state index < -0.39 is 10.0 Å². The summed E-state index contributed by atoms with van der Waals surface area (Å²) in [4.78, 5) is 12.7. The van der Waals surface area contributed by atoms with Crippen LogP contribution in [0, 0.1) is 6.92 Å². The van der Waals surface area contributed by atoms with E-state index in [1.165, 1.54) is 10.6 Å². The maximum atomic E-state index is 12.8. The minimum absolute atomic E-state index is 0.174. The van der Waals surface area contributed by atoms with Crippen molar-refractivity contribution in [3.05, 3.63) is 94.5 Å². The van der Waals surface area contributed by atoms with Crippen LogP contribution in [0.3, 0.4) is 0 Å². The lowest BCUT2D eigenvalue weighted by Crippen LogP contribution is -2.31. The number of hydrogen-bond acceptors (Lipinski definition) is 4. The van der Waals surface area contributed by atoms with Gasteiger partial charge in [-0.15, -0.1) is 0 Å². The van der Waals surface area contributed by atoms with Crippen LogP contribution in [0.15, 0.2) is 66.7 Å². The average molecular weight is 481 g/mol. The van der Waals surface area contributed by atoms with Gasteiger partial charge in [0.25, 0.3) is 5.91 Å². The molecule has 0 heterocycles. The number of carbonyl (C=O) groups excluding carboxylic acids is 1. The fourth-order valence-corrected chi connectivity index (χ4v) is 4.85. The summed E-state index contributed by atoms with van der Waals surface area (Å²) in [5.74, 6) is -0.0605. The zero-order valence-electron chi connectivity index (χ0n) is 20.3. The third-order valence-electron chi connectivity index (χ3n) is 5.58. The van der Waals surface area contributed by atoms with Gasteiger partial charge in [0.1, 0.15) is 0 Å². The van der Waals surface area contributed by atoms with E-state index in [1.54, 1.807) is 31.4 Å². The van der Waals surface area contributed by atoms with Crippen LogP contribution in [0.25, 0.3) is 0 Å². The van der Waals surface area contributed by atoms with Crippen molar-refractivity contribution in [3.8, 4) is 0 Å². The molecule has 0 bridgehead atoms. The van der Waals surface area contributed by atoms with Crippen LogP contribution in [0.4, 0.5) is 11.4 Å². The first-order chi connectivity index (χ1) is 16.1.